The molecule has 2 aliphatic rings. The van der Waals surface area contributed by atoms with Crippen LogP contribution in [0.3, 0.4) is 0 Å². The molecule has 0 bridgehead atoms. The number of ether oxygens (including phenoxy) is 1. The van der Waals surface area contributed by atoms with E-state index >= 15 is 0 Å². The SMILES string of the molecule is CC.NC(N)=C(/C=C(\N)c1ccccc1O)N1CCN(C(=O)OC2CCNCC2)CC1. The van der Waals surface area contributed by atoms with E-state index in [4.69, 9.17) is 21.9 Å². The average Bonchev–Trinajstić information content (AvgIpc) is 2.79. The molecule has 0 atom stereocenters. The summed E-state index contributed by atoms with van der Waals surface area (Å²) in [5.41, 5.74) is 19.4. The maximum Gasteiger partial charge on any atom is 0.410 e. The summed E-state index contributed by atoms with van der Waals surface area (Å²) < 4.78 is 5.62. The molecule has 2 fully saturated rings. The van der Waals surface area contributed by atoms with Crippen LogP contribution in [-0.2, 0) is 4.74 Å². The third kappa shape index (κ3) is 6.71. The van der Waals surface area contributed by atoms with Crippen LogP contribution in [0.25, 0.3) is 5.70 Å². The molecular weight excluding hydrogens is 396 g/mol. The van der Waals surface area contributed by atoms with Gasteiger partial charge in [0.1, 0.15) is 17.7 Å². The molecule has 31 heavy (non-hydrogen) atoms. The van der Waals surface area contributed by atoms with Gasteiger partial charge in [-0.25, -0.2) is 4.79 Å². The quantitative estimate of drug-likeness (QED) is 0.448. The maximum absolute atomic E-state index is 12.4. The van der Waals surface area contributed by atoms with Crippen molar-refractivity contribution in [1.82, 2.24) is 15.1 Å². The highest BCUT2D eigenvalue weighted by Gasteiger charge is 2.26. The topological polar surface area (TPSA) is 143 Å². The van der Waals surface area contributed by atoms with Crippen LogP contribution in [0.4, 0.5) is 4.79 Å². The summed E-state index contributed by atoms with van der Waals surface area (Å²) in [7, 11) is 0. The van der Waals surface area contributed by atoms with E-state index in [1.54, 1.807) is 35.2 Å². The number of aromatic hydroxyl groups is 1. The van der Waals surface area contributed by atoms with Crippen molar-refractivity contribution in [2.45, 2.75) is 32.8 Å². The molecule has 3 rings (SSSR count). The van der Waals surface area contributed by atoms with E-state index in [-0.39, 0.29) is 23.8 Å². The van der Waals surface area contributed by atoms with Gasteiger partial charge in [-0.15, -0.1) is 0 Å². The molecule has 2 saturated heterocycles. The molecule has 0 aromatic heterocycles. The number of nitrogens with one attached hydrogen (secondary N) is 1. The monoisotopic (exact) mass is 432 g/mol. The van der Waals surface area contributed by atoms with E-state index in [1.807, 2.05) is 18.7 Å². The Morgan fingerprint density at radius 1 is 1.06 bits per heavy atom. The Labute approximate surface area is 184 Å². The number of carbonyl (C=O) groups excluding carboxylic acids is 1. The normalized spacial score (nSPS) is 17.4. The first kappa shape index (κ1) is 24.2. The number of hydrogen-bond acceptors (Lipinski definition) is 8. The van der Waals surface area contributed by atoms with Crippen LogP contribution in [-0.4, -0.2) is 66.4 Å². The second-order valence-electron chi connectivity index (χ2n) is 7.26. The molecule has 1 aromatic rings. The Balaban J connectivity index is 0.00000166. The third-order valence-electron chi connectivity index (χ3n) is 5.24. The van der Waals surface area contributed by atoms with Gasteiger partial charge in [0, 0.05) is 37.4 Å². The summed E-state index contributed by atoms with van der Waals surface area (Å²) in [5, 5.41) is 13.3. The van der Waals surface area contributed by atoms with Crippen LogP contribution < -0.4 is 22.5 Å². The van der Waals surface area contributed by atoms with Crippen molar-refractivity contribution in [3.8, 4) is 5.75 Å². The molecule has 0 unspecified atom stereocenters. The number of carbonyl (C=O) groups is 1. The number of phenols is 1. The summed E-state index contributed by atoms with van der Waals surface area (Å²) in [6, 6.07) is 6.80. The lowest BCUT2D eigenvalue weighted by molar-refractivity contribution is 0.0389. The molecule has 9 nitrogen and oxygen atoms in total. The summed E-state index contributed by atoms with van der Waals surface area (Å²) >= 11 is 0. The molecule has 0 saturated carbocycles. The van der Waals surface area contributed by atoms with E-state index in [1.165, 1.54) is 0 Å². The largest absolute Gasteiger partial charge is 0.507 e. The smallest absolute Gasteiger partial charge is 0.410 e. The van der Waals surface area contributed by atoms with E-state index in [2.05, 4.69) is 5.32 Å². The van der Waals surface area contributed by atoms with Crippen molar-refractivity contribution in [1.29, 1.82) is 0 Å². The highest BCUT2D eigenvalue weighted by molar-refractivity contribution is 5.70. The summed E-state index contributed by atoms with van der Waals surface area (Å²) in [4.78, 5) is 16.1. The number of nitrogens with zero attached hydrogens (tertiary/aromatic N) is 2. The first-order valence-corrected chi connectivity index (χ1v) is 10.9. The van der Waals surface area contributed by atoms with Gasteiger partial charge in [0.2, 0.25) is 0 Å². The molecule has 1 aromatic carbocycles. The second-order valence-corrected chi connectivity index (χ2v) is 7.26. The molecule has 2 heterocycles. The number of amides is 1. The zero-order chi connectivity index (χ0) is 22.8. The molecule has 2 aliphatic heterocycles. The van der Waals surface area contributed by atoms with E-state index in [0.29, 0.717) is 43.1 Å². The predicted molar refractivity (Wildman–Crippen MR) is 123 cm³/mol. The fourth-order valence-corrected chi connectivity index (χ4v) is 3.56. The van der Waals surface area contributed by atoms with Crippen LogP contribution in [0.5, 0.6) is 5.75 Å². The van der Waals surface area contributed by atoms with Crippen LogP contribution in [0, 0.1) is 0 Å². The van der Waals surface area contributed by atoms with Gasteiger partial charge in [-0.05, 0) is 44.1 Å². The molecule has 9 heteroatoms. The first-order valence-electron chi connectivity index (χ1n) is 10.9. The van der Waals surface area contributed by atoms with E-state index in [9.17, 15) is 9.90 Å². The maximum atomic E-state index is 12.4. The average molecular weight is 433 g/mol. The highest BCUT2D eigenvalue weighted by atomic mass is 16.6. The van der Waals surface area contributed by atoms with Gasteiger partial charge < -0.3 is 42.2 Å². The zero-order valence-corrected chi connectivity index (χ0v) is 18.5. The Hall–Kier alpha value is -3.07. The number of rotatable bonds is 4. The lowest BCUT2D eigenvalue weighted by Gasteiger charge is -2.37. The number of benzene rings is 1. The Kier molecular flexibility index (Phi) is 9.33. The van der Waals surface area contributed by atoms with Crippen LogP contribution in [0.15, 0.2) is 41.9 Å². The lowest BCUT2D eigenvalue weighted by Crippen LogP contribution is -2.50. The van der Waals surface area contributed by atoms with Crippen molar-refractivity contribution in [3.63, 3.8) is 0 Å². The van der Waals surface area contributed by atoms with Crippen molar-refractivity contribution >= 4 is 11.8 Å². The summed E-state index contributed by atoms with van der Waals surface area (Å²) in [5.74, 6) is 0.218. The van der Waals surface area contributed by atoms with Gasteiger partial charge in [0.15, 0.2) is 0 Å². The molecular formula is C22H36N6O3. The van der Waals surface area contributed by atoms with Gasteiger partial charge >= 0.3 is 6.09 Å². The molecule has 172 valence electrons. The van der Waals surface area contributed by atoms with Crippen LogP contribution >= 0.6 is 0 Å². The van der Waals surface area contributed by atoms with Crippen LogP contribution in [0.2, 0.25) is 0 Å². The highest BCUT2D eigenvalue weighted by Crippen LogP contribution is 2.23. The Morgan fingerprint density at radius 3 is 2.23 bits per heavy atom. The van der Waals surface area contributed by atoms with Gasteiger partial charge in [0.25, 0.3) is 0 Å². The second kappa shape index (κ2) is 11.9. The number of nitrogens with two attached hydrogens (primary N) is 3. The van der Waals surface area contributed by atoms with Crippen LogP contribution in [0.1, 0.15) is 32.3 Å². The fourth-order valence-electron chi connectivity index (χ4n) is 3.56. The van der Waals surface area contributed by atoms with E-state index < -0.39 is 0 Å². The Bertz CT molecular complexity index is 777. The number of piperidine rings is 1. The molecule has 1 amide bonds. The van der Waals surface area contributed by atoms with Gasteiger partial charge in [0.05, 0.1) is 5.70 Å². The van der Waals surface area contributed by atoms with Gasteiger partial charge in [-0.3, -0.25) is 0 Å². The molecule has 8 N–H and O–H groups in total. The number of piperazine rings is 1. The zero-order valence-electron chi connectivity index (χ0n) is 18.5. The Morgan fingerprint density at radius 2 is 1.65 bits per heavy atom. The van der Waals surface area contributed by atoms with Crippen molar-refractivity contribution in [2.75, 3.05) is 39.3 Å². The minimum atomic E-state index is -0.271. The number of hydrogen-bond donors (Lipinski definition) is 5. The number of phenolic OH excluding ortho intramolecular Hbond substituents is 1. The number of allylic oxidation sites excluding steroid dienone is 1. The lowest BCUT2D eigenvalue weighted by atomic mass is 10.1. The van der Waals surface area contributed by atoms with Crippen molar-refractivity contribution < 1.29 is 14.6 Å². The molecule has 0 radical (unpaired) electrons. The first-order chi connectivity index (χ1) is 15.0. The van der Waals surface area contributed by atoms with E-state index in [0.717, 1.165) is 25.9 Å². The number of para-hydroxylation sites is 1. The van der Waals surface area contributed by atoms with Gasteiger partial charge in [-0.1, -0.05) is 26.0 Å². The standard InChI is InChI=1S/C20H30N6O3.C2H6/c21-16(15-3-1-2-4-18(15)27)13-17(19(22)23)25-9-11-26(12-10-25)20(28)29-14-5-7-24-8-6-14;1-2/h1-4,13-14,24,27H,5-12,21-23H2;1-2H3/b16-13-;. The van der Waals surface area contributed by atoms with Crippen molar-refractivity contribution in [3.05, 3.63) is 47.4 Å². The van der Waals surface area contributed by atoms with Gasteiger partial charge in [-0.2, -0.15) is 0 Å². The minimum absolute atomic E-state index is 0.0156. The van der Waals surface area contributed by atoms with Crippen molar-refractivity contribution in [2.24, 2.45) is 17.2 Å². The fraction of sp³-hybridized carbons (Fsp3) is 0.500. The predicted octanol–water partition coefficient (Wildman–Crippen LogP) is 1.31. The molecule has 0 spiro atoms. The third-order valence-corrected chi connectivity index (χ3v) is 5.24. The summed E-state index contributed by atoms with van der Waals surface area (Å²) in [6.07, 6.45) is 3.07. The minimum Gasteiger partial charge on any atom is -0.507 e. The summed E-state index contributed by atoms with van der Waals surface area (Å²) in [6.45, 7) is 7.87. The molecule has 0 aliphatic carbocycles.